The molecule has 0 aromatic carbocycles. The molecule has 1 aliphatic heterocycles. The number of nitrogens with one attached hydrogen (secondary N) is 1. The van der Waals surface area contributed by atoms with Crippen molar-refractivity contribution in [2.24, 2.45) is 5.92 Å². The topological polar surface area (TPSA) is 28.2 Å². The van der Waals surface area contributed by atoms with Crippen molar-refractivity contribution in [2.45, 2.75) is 12.8 Å². The van der Waals surface area contributed by atoms with Crippen molar-refractivity contribution in [1.29, 1.82) is 0 Å². The molecule has 0 spiro atoms. The van der Waals surface area contributed by atoms with Gasteiger partial charge >= 0.3 is 0 Å². The van der Waals surface area contributed by atoms with Gasteiger partial charge in [-0.05, 0) is 32.4 Å². The fourth-order valence-corrected chi connectivity index (χ4v) is 2.35. The SMILES string of the molecule is CNCC1CCCN(c2ncc(F)cc2F)C1. The third kappa shape index (κ3) is 2.91. The molecule has 1 N–H and O–H groups in total. The molecule has 1 fully saturated rings. The van der Waals surface area contributed by atoms with Gasteiger partial charge in [-0.3, -0.25) is 0 Å². The van der Waals surface area contributed by atoms with Gasteiger partial charge in [0.2, 0.25) is 0 Å². The molecule has 1 aromatic rings. The smallest absolute Gasteiger partial charge is 0.168 e. The first-order valence-corrected chi connectivity index (χ1v) is 5.91. The number of rotatable bonds is 3. The van der Waals surface area contributed by atoms with Gasteiger partial charge in [-0.25, -0.2) is 13.8 Å². The maximum atomic E-state index is 13.6. The van der Waals surface area contributed by atoms with Gasteiger partial charge in [0.25, 0.3) is 0 Å². The molecule has 5 heteroatoms. The van der Waals surface area contributed by atoms with Crippen LogP contribution in [-0.4, -0.2) is 31.7 Å². The number of hydrogen-bond donors (Lipinski definition) is 1. The summed E-state index contributed by atoms with van der Waals surface area (Å²) in [6.07, 6.45) is 3.23. The zero-order valence-electron chi connectivity index (χ0n) is 9.92. The van der Waals surface area contributed by atoms with Gasteiger partial charge in [0.1, 0.15) is 5.82 Å². The number of hydrogen-bond acceptors (Lipinski definition) is 3. The highest BCUT2D eigenvalue weighted by atomic mass is 19.1. The van der Waals surface area contributed by atoms with E-state index in [-0.39, 0.29) is 5.82 Å². The van der Waals surface area contributed by atoms with Crippen molar-refractivity contribution in [3.8, 4) is 0 Å². The molecule has 0 saturated carbocycles. The summed E-state index contributed by atoms with van der Waals surface area (Å²) in [6, 6.07) is 0.893. The minimum absolute atomic E-state index is 0.271. The molecule has 2 rings (SSSR count). The highest BCUT2D eigenvalue weighted by Gasteiger charge is 2.22. The first kappa shape index (κ1) is 12.2. The molecular formula is C12H17F2N3. The van der Waals surface area contributed by atoms with Crippen LogP contribution in [0.3, 0.4) is 0 Å². The van der Waals surface area contributed by atoms with Gasteiger partial charge in [0, 0.05) is 19.2 Å². The molecule has 1 atom stereocenters. The molecule has 0 amide bonds. The minimum atomic E-state index is -0.630. The molecule has 0 bridgehead atoms. The van der Waals surface area contributed by atoms with Crippen LogP contribution in [0, 0.1) is 17.6 Å². The summed E-state index contributed by atoms with van der Waals surface area (Å²) in [5.74, 6) is -0.433. The van der Waals surface area contributed by atoms with Crippen LogP contribution in [0.4, 0.5) is 14.6 Å². The maximum absolute atomic E-state index is 13.6. The lowest BCUT2D eigenvalue weighted by Crippen LogP contribution is -2.39. The van der Waals surface area contributed by atoms with E-state index in [1.165, 1.54) is 0 Å². The molecule has 1 aromatic heterocycles. The summed E-state index contributed by atoms with van der Waals surface area (Å²) in [4.78, 5) is 5.75. The average molecular weight is 241 g/mol. The van der Waals surface area contributed by atoms with Gasteiger partial charge < -0.3 is 10.2 Å². The highest BCUT2D eigenvalue weighted by molar-refractivity contribution is 5.40. The van der Waals surface area contributed by atoms with Crippen LogP contribution in [0.25, 0.3) is 0 Å². The van der Waals surface area contributed by atoms with E-state index >= 15 is 0 Å². The number of anilines is 1. The third-order valence-electron chi connectivity index (χ3n) is 3.10. The van der Waals surface area contributed by atoms with Crippen molar-refractivity contribution in [3.63, 3.8) is 0 Å². The summed E-state index contributed by atoms with van der Waals surface area (Å²) in [5.41, 5.74) is 0. The Morgan fingerprint density at radius 3 is 3.06 bits per heavy atom. The predicted molar refractivity (Wildman–Crippen MR) is 63.0 cm³/mol. The quantitative estimate of drug-likeness (QED) is 0.874. The Bertz CT molecular complexity index is 382. The van der Waals surface area contributed by atoms with Gasteiger partial charge in [0.05, 0.1) is 6.20 Å². The van der Waals surface area contributed by atoms with E-state index in [1.54, 1.807) is 0 Å². The van der Waals surface area contributed by atoms with Gasteiger partial charge in [0.15, 0.2) is 11.6 Å². The van der Waals surface area contributed by atoms with Crippen molar-refractivity contribution in [3.05, 3.63) is 23.9 Å². The number of piperidine rings is 1. The lowest BCUT2D eigenvalue weighted by Gasteiger charge is -2.33. The van der Waals surface area contributed by atoms with Crippen LogP contribution >= 0.6 is 0 Å². The first-order chi connectivity index (χ1) is 8.20. The normalized spacial score (nSPS) is 20.6. The first-order valence-electron chi connectivity index (χ1n) is 5.91. The minimum Gasteiger partial charge on any atom is -0.354 e. The van der Waals surface area contributed by atoms with Crippen molar-refractivity contribution in [1.82, 2.24) is 10.3 Å². The largest absolute Gasteiger partial charge is 0.354 e. The van der Waals surface area contributed by atoms with Crippen LogP contribution in [-0.2, 0) is 0 Å². The second-order valence-electron chi connectivity index (χ2n) is 4.47. The number of nitrogens with zero attached hydrogens (tertiary/aromatic N) is 2. The average Bonchev–Trinajstić information content (AvgIpc) is 2.29. The summed E-state index contributed by atoms with van der Waals surface area (Å²) in [6.45, 7) is 2.48. The standard InChI is InChI=1S/C12H17F2N3/c1-15-6-9-3-2-4-17(8-9)12-11(14)5-10(13)7-16-12/h5,7,9,15H,2-4,6,8H2,1H3. The Hall–Kier alpha value is -1.23. The van der Waals surface area contributed by atoms with E-state index < -0.39 is 11.6 Å². The lowest BCUT2D eigenvalue weighted by molar-refractivity contribution is 0.397. The Morgan fingerprint density at radius 1 is 1.53 bits per heavy atom. The van der Waals surface area contributed by atoms with Crippen LogP contribution in [0.5, 0.6) is 0 Å². The van der Waals surface area contributed by atoms with E-state index in [1.807, 2.05) is 11.9 Å². The molecule has 94 valence electrons. The van der Waals surface area contributed by atoms with Crippen LogP contribution in [0.15, 0.2) is 12.3 Å². The summed E-state index contributed by atoms with van der Waals surface area (Å²) < 4.78 is 26.4. The maximum Gasteiger partial charge on any atom is 0.168 e. The van der Waals surface area contributed by atoms with E-state index in [4.69, 9.17) is 0 Å². The molecule has 17 heavy (non-hydrogen) atoms. The van der Waals surface area contributed by atoms with Gasteiger partial charge in [-0.2, -0.15) is 0 Å². The lowest BCUT2D eigenvalue weighted by atomic mass is 9.98. The number of aromatic nitrogens is 1. The van der Waals surface area contributed by atoms with Crippen molar-refractivity contribution >= 4 is 5.82 Å². The van der Waals surface area contributed by atoms with E-state index in [0.29, 0.717) is 5.92 Å². The van der Waals surface area contributed by atoms with Gasteiger partial charge in [-0.15, -0.1) is 0 Å². The van der Waals surface area contributed by atoms with Crippen molar-refractivity contribution in [2.75, 3.05) is 31.6 Å². The molecule has 1 saturated heterocycles. The zero-order chi connectivity index (χ0) is 12.3. The van der Waals surface area contributed by atoms with E-state index in [0.717, 1.165) is 44.7 Å². The fraction of sp³-hybridized carbons (Fsp3) is 0.583. The Balaban J connectivity index is 2.10. The van der Waals surface area contributed by atoms with E-state index in [9.17, 15) is 8.78 Å². The molecule has 0 radical (unpaired) electrons. The number of halogens is 2. The van der Waals surface area contributed by atoms with Crippen molar-refractivity contribution < 1.29 is 8.78 Å². The third-order valence-corrected chi connectivity index (χ3v) is 3.10. The molecule has 1 unspecified atom stereocenters. The van der Waals surface area contributed by atoms with Crippen LogP contribution in [0.2, 0.25) is 0 Å². The molecular weight excluding hydrogens is 224 g/mol. The summed E-state index contributed by atoms with van der Waals surface area (Å²) in [5, 5.41) is 3.13. The Morgan fingerprint density at radius 2 is 2.35 bits per heavy atom. The monoisotopic (exact) mass is 241 g/mol. The molecule has 1 aliphatic rings. The highest BCUT2D eigenvalue weighted by Crippen LogP contribution is 2.23. The summed E-state index contributed by atoms with van der Waals surface area (Å²) >= 11 is 0. The van der Waals surface area contributed by atoms with Crippen LogP contribution < -0.4 is 10.2 Å². The summed E-state index contributed by atoms with van der Waals surface area (Å²) in [7, 11) is 1.91. The molecule has 0 aliphatic carbocycles. The second kappa shape index (κ2) is 5.40. The van der Waals surface area contributed by atoms with E-state index in [2.05, 4.69) is 10.3 Å². The number of pyridine rings is 1. The molecule has 3 nitrogen and oxygen atoms in total. The predicted octanol–water partition coefficient (Wildman–Crippen LogP) is 1.80. The van der Waals surface area contributed by atoms with Crippen LogP contribution in [0.1, 0.15) is 12.8 Å². The second-order valence-corrected chi connectivity index (χ2v) is 4.47. The molecule has 2 heterocycles. The Kier molecular flexibility index (Phi) is 3.89. The van der Waals surface area contributed by atoms with Gasteiger partial charge in [-0.1, -0.05) is 0 Å². The Labute approximate surface area is 99.8 Å². The zero-order valence-corrected chi connectivity index (χ0v) is 9.92. The fourth-order valence-electron chi connectivity index (χ4n) is 2.35.